The van der Waals surface area contributed by atoms with Crippen LogP contribution in [0.15, 0.2) is 85.2 Å². The monoisotopic (exact) mass is 405 g/mol. The lowest BCUT2D eigenvalue weighted by Gasteiger charge is -2.44. The van der Waals surface area contributed by atoms with Gasteiger partial charge >= 0.3 is 0 Å². The van der Waals surface area contributed by atoms with Crippen LogP contribution in [0, 0.1) is 0 Å². The summed E-state index contributed by atoms with van der Waals surface area (Å²) in [5, 5.41) is 0.177. The lowest BCUT2D eigenvalue weighted by molar-refractivity contribution is 0.143. The first-order valence-corrected chi connectivity index (χ1v) is 13.5. The molecule has 2 aromatic rings. The predicted octanol–water partition coefficient (Wildman–Crippen LogP) is 7.27. The molecule has 0 aromatic heterocycles. The van der Waals surface area contributed by atoms with E-state index in [0.717, 1.165) is 18.7 Å². The highest BCUT2D eigenvalue weighted by molar-refractivity contribution is 6.74. The highest BCUT2D eigenvalue weighted by atomic mass is 28.4. The second-order valence-corrected chi connectivity index (χ2v) is 14.2. The van der Waals surface area contributed by atoms with Crippen LogP contribution in [-0.2, 0) is 4.43 Å². The van der Waals surface area contributed by atoms with E-state index in [-0.39, 0.29) is 17.1 Å². The van der Waals surface area contributed by atoms with E-state index in [2.05, 4.69) is 112 Å². The quantitative estimate of drug-likeness (QED) is 0.370. The van der Waals surface area contributed by atoms with Crippen LogP contribution < -0.4 is 0 Å². The molecule has 29 heavy (non-hydrogen) atoms. The maximum Gasteiger partial charge on any atom is 0.250 e. The van der Waals surface area contributed by atoms with E-state index in [0.29, 0.717) is 0 Å². The van der Waals surface area contributed by atoms with Gasteiger partial charge in [-0.15, -0.1) is 6.58 Å². The minimum absolute atomic E-state index is 0.174. The summed E-state index contributed by atoms with van der Waals surface area (Å²) in [5.74, 6) is 1.14. The maximum absolute atomic E-state index is 6.82. The summed E-state index contributed by atoms with van der Waals surface area (Å²) in [6.45, 7) is 16.4. The fourth-order valence-corrected chi connectivity index (χ4v) is 4.82. The van der Waals surface area contributed by atoms with E-state index in [1.165, 1.54) is 11.1 Å². The molecule has 2 nitrogen and oxygen atoms in total. The molecule has 3 rings (SSSR count). The Labute approximate surface area is 178 Å². The molecule has 0 spiro atoms. The van der Waals surface area contributed by atoms with Gasteiger partial charge < -0.3 is 4.43 Å². The highest BCUT2D eigenvalue weighted by Gasteiger charge is 2.41. The summed E-state index contributed by atoms with van der Waals surface area (Å²) in [7, 11) is -1.90. The van der Waals surface area contributed by atoms with Gasteiger partial charge in [-0.3, -0.25) is 4.90 Å². The Balaban J connectivity index is 2.05. The van der Waals surface area contributed by atoms with E-state index in [9.17, 15) is 0 Å². The van der Waals surface area contributed by atoms with Gasteiger partial charge in [0.1, 0.15) is 0 Å². The number of nitrogens with zero attached hydrogens (tertiary/aromatic N) is 1. The molecule has 0 bridgehead atoms. The van der Waals surface area contributed by atoms with Crippen molar-refractivity contribution in [3.05, 3.63) is 96.3 Å². The Hall–Kier alpha value is -2.10. The maximum atomic E-state index is 6.82. The van der Waals surface area contributed by atoms with Crippen molar-refractivity contribution in [3.63, 3.8) is 0 Å². The van der Waals surface area contributed by atoms with Crippen molar-refractivity contribution in [3.8, 4) is 0 Å². The van der Waals surface area contributed by atoms with Crippen molar-refractivity contribution in [2.75, 3.05) is 6.54 Å². The van der Waals surface area contributed by atoms with Crippen LogP contribution in [0.1, 0.15) is 50.4 Å². The predicted molar refractivity (Wildman–Crippen MR) is 126 cm³/mol. The van der Waals surface area contributed by atoms with Crippen molar-refractivity contribution in [2.24, 2.45) is 0 Å². The molecule has 0 N–H and O–H groups in total. The molecule has 1 aliphatic heterocycles. The summed E-state index contributed by atoms with van der Waals surface area (Å²) in [6, 6.07) is 22.0. The van der Waals surface area contributed by atoms with Crippen molar-refractivity contribution < 1.29 is 4.43 Å². The number of rotatable bonds is 6. The number of hydrogen-bond donors (Lipinski definition) is 0. The lowest BCUT2D eigenvalue weighted by Crippen LogP contribution is -2.43. The third kappa shape index (κ3) is 4.91. The molecule has 154 valence electrons. The van der Waals surface area contributed by atoms with Gasteiger partial charge in [0.2, 0.25) is 8.32 Å². The van der Waals surface area contributed by atoms with Crippen LogP contribution in [-0.4, -0.2) is 19.8 Å². The molecular formula is C26H35NOSi. The summed E-state index contributed by atoms with van der Waals surface area (Å²) in [6.07, 6.45) is 5.26. The molecule has 0 unspecified atom stereocenters. The molecule has 0 aliphatic carbocycles. The van der Waals surface area contributed by atoms with Gasteiger partial charge in [-0.25, -0.2) is 0 Å². The molecule has 0 fully saturated rings. The third-order valence-electron chi connectivity index (χ3n) is 6.35. The third-order valence-corrected chi connectivity index (χ3v) is 10.7. The van der Waals surface area contributed by atoms with Crippen LogP contribution in [0.5, 0.6) is 0 Å². The van der Waals surface area contributed by atoms with Crippen LogP contribution >= 0.6 is 0 Å². The first-order valence-electron chi connectivity index (χ1n) is 10.6. The van der Waals surface area contributed by atoms with Gasteiger partial charge in [0.15, 0.2) is 0 Å². The second kappa shape index (κ2) is 8.72. The first kappa shape index (κ1) is 21.6. The zero-order valence-corrected chi connectivity index (χ0v) is 19.6. The van der Waals surface area contributed by atoms with Crippen molar-refractivity contribution >= 4 is 8.32 Å². The minimum Gasteiger partial charge on any atom is -0.547 e. The average Bonchev–Trinajstić information content (AvgIpc) is 2.69. The zero-order valence-electron chi connectivity index (χ0n) is 18.6. The normalized spacial score (nSPS) is 20.8. The molecule has 2 aromatic carbocycles. The Morgan fingerprint density at radius 2 is 1.55 bits per heavy atom. The number of hydrogen-bond acceptors (Lipinski definition) is 2. The molecule has 1 heterocycles. The smallest absolute Gasteiger partial charge is 0.250 e. The lowest BCUT2D eigenvalue weighted by atomic mass is 9.91. The first-order chi connectivity index (χ1) is 13.7. The SMILES string of the molecule is C=CCN1[C@@H](c2ccccc2)C=C(O[Si](C)(C)C(C)(C)C)C[C@@H]1c1ccccc1. The summed E-state index contributed by atoms with van der Waals surface area (Å²) in [4.78, 5) is 2.54. The molecule has 2 atom stereocenters. The minimum atomic E-state index is -1.90. The van der Waals surface area contributed by atoms with Crippen molar-refractivity contribution in [1.82, 2.24) is 4.90 Å². The van der Waals surface area contributed by atoms with E-state index in [4.69, 9.17) is 4.43 Å². The summed E-state index contributed by atoms with van der Waals surface area (Å²) >= 11 is 0. The second-order valence-electron chi connectivity index (χ2n) is 9.47. The van der Waals surface area contributed by atoms with Gasteiger partial charge in [-0.05, 0) is 35.3 Å². The van der Waals surface area contributed by atoms with E-state index in [1.807, 2.05) is 6.08 Å². The van der Waals surface area contributed by atoms with Crippen molar-refractivity contribution in [1.29, 1.82) is 0 Å². The fourth-order valence-electron chi connectivity index (χ4n) is 3.71. The molecule has 0 saturated carbocycles. The molecule has 0 amide bonds. The van der Waals surface area contributed by atoms with E-state index >= 15 is 0 Å². The van der Waals surface area contributed by atoms with Crippen LogP contribution in [0.25, 0.3) is 0 Å². The Bertz CT molecular complexity index is 836. The van der Waals surface area contributed by atoms with Crippen LogP contribution in [0.2, 0.25) is 18.1 Å². The highest BCUT2D eigenvalue weighted by Crippen LogP contribution is 2.44. The number of benzene rings is 2. The van der Waals surface area contributed by atoms with Gasteiger partial charge in [0.05, 0.1) is 11.8 Å². The van der Waals surface area contributed by atoms with Crippen molar-refractivity contribution in [2.45, 2.75) is 57.4 Å². The van der Waals surface area contributed by atoms with Gasteiger partial charge in [-0.1, -0.05) is 87.5 Å². The molecule has 1 aliphatic rings. The average molecular weight is 406 g/mol. The van der Waals surface area contributed by atoms with E-state index < -0.39 is 8.32 Å². The Morgan fingerprint density at radius 1 is 1.00 bits per heavy atom. The standard InChI is InChI=1S/C26H35NOSi/c1-7-18-27-24(21-14-10-8-11-15-21)19-23(28-29(5,6)26(2,3)4)20-25(27)22-16-12-9-13-17-22/h7-17,19,24-25H,1,18,20H2,2-6H3/t24-,25-/m1/s1. The van der Waals surface area contributed by atoms with Gasteiger partial charge in [0.25, 0.3) is 0 Å². The van der Waals surface area contributed by atoms with Gasteiger partial charge in [-0.2, -0.15) is 0 Å². The Kier molecular flexibility index (Phi) is 6.50. The zero-order chi connectivity index (χ0) is 21.1. The summed E-state index contributed by atoms with van der Waals surface area (Å²) in [5.41, 5.74) is 2.63. The fraction of sp³-hybridized carbons (Fsp3) is 0.385. The molecule has 0 saturated heterocycles. The molecule has 3 heteroatoms. The van der Waals surface area contributed by atoms with Crippen LogP contribution in [0.3, 0.4) is 0 Å². The van der Waals surface area contributed by atoms with Gasteiger partial charge in [0, 0.05) is 19.0 Å². The Morgan fingerprint density at radius 3 is 2.07 bits per heavy atom. The molecular weight excluding hydrogens is 370 g/mol. The van der Waals surface area contributed by atoms with Crippen LogP contribution in [0.4, 0.5) is 0 Å². The summed E-state index contributed by atoms with van der Waals surface area (Å²) < 4.78 is 6.82. The van der Waals surface area contributed by atoms with E-state index in [1.54, 1.807) is 0 Å². The largest absolute Gasteiger partial charge is 0.547 e. The molecule has 0 radical (unpaired) electrons. The topological polar surface area (TPSA) is 12.5 Å².